The van der Waals surface area contributed by atoms with Crippen molar-refractivity contribution >= 4 is 43.5 Å². The minimum Gasteiger partial charge on any atom is -0.278 e. The van der Waals surface area contributed by atoms with Crippen molar-refractivity contribution in [1.82, 2.24) is 19.5 Å². The maximum Gasteiger partial charge on any atom is 0.235 e. The van der Waals surface area contributed by atoms with Crippen molar-refractivity contribution < 1.29 is 0 Å². The zero-order valence-corrected chi connectivity index (χ0v) is 21.0. The SMILES string of the molecule is c1ccc(-c2ccc3cc4c(cc3c2)c2ccccc2n4-c2ncc3cccc(-c4ccccn4)c3n2)cc1. The first kappa shape index (κ1) is 21.7. The fourth-order valence-electron chi connectivity index (χ4n) is 5.62. The summed E-state index contributed by atoms with van der Waals surface area (Å²) in [4.78, 5) is 14.6. The van der Waals surface area contributed by atoms with Gasteiger partial charge in [0.25, 0.3) is 0 Å². The summed E-state index contributed by atoms with van der Waals surface area (Å²) in [5, 5.41) is 5.75. The quantitative estimate of drug-likeness (QED) is 0.245. The molecule has 0 spiro atoms. The van der Waals surface area contributed by atoms with Crippen LogP contribution in [0.2, 0.25) is 0 Å². The second kappa shape index (κ2) is 8.61. The van der Waals surface area contributed by atoms with Crippen molar-refractivity contribution in [3.63, 3.8) is 0 Å². The molecule has 0 saturated carbocycles. The van der Waals surface area contributed by atoms with Crippen LogP contribution < -0.4 is 0 Å². The summed E-state index contributed by atoms with van der Waals surface area (Å²) in [6.07, 6.45) is 3.73. The molecule has 0 radical (unpaired) electrons. The van der Waals surface area contributed by atoms with E-state index in [1.807, 2.05) is 36.7 Å². The third-order valence-electron chi connectivity index (χ3n) is 7.48. The molecule has 182 valence electrons. The summed E-state index contributed by atoms with van der Waals surface area (Å²) in [7, 11) is 0. The number of hydrogen-bond donors (Lipinski definition) is 0. The summed E-state index contributed by atoms with van der Waals surface area (Å²) >= 11 is 0. The summed E-state index contributed by atoms with van der Waals surface area (Å²) in [6, 6.07) is 42.4. The fraction of sp³-hybridized carbons (Fsp3) is 0. The first-order chi connectivity index (χ1) is 19.3. The van der Waals surface area contributed by atoms with Gasteiger partial charge in [-0.3, -0.25) is 9.55 Å². The lowest BCUT2D eigenvalue weighted by Gasteiger charge is -2.10. The van der Waals surface area contributed by atoms with Gasteiger partial charge in [0, 0.05) is 34.1 Å². The normalized spacial score (nSPS) is 11.6. The highest BCUT2D eigenvalue weighted by atomic mass is 15.2. The van der Waals surface area contributed by atoms with Gasteiger partial charge in [0.15, 0.2) is 0 Å². The van der Waals surface area contributed by atoms with Crippen LogP contribution >= 0.6 is 0 Å². The Bertz CT molecular complexity index is 2160. The maximum absolute atomic E-state index is 5.14. The number of para-hydroxylation sites is 2. The number of benzene rings is 5. The predicted octanol–water partition coefficient (Wildman–Crippen LogP) is 8.61. The lowest BCUT2D eigenvalue weighted by atomic mass is 10.00. The Balaban J connectivity index is 1.39. The zero-order valence-electron chi connectivity index (χ0n) is 21.0. The Kier molecular flexibility index (Phi) is 4.79. The van der Waals surface area contributed by atoms with Crippen molar-refractivity contribution in [3.05, 3.63) is 134 Å². The number of nitrogens with zero attached hydrogens (tertiary/aromatic N) is 4. The van der Waals surface area contributed by atoms with Crippen LogP contribution in [-0.2, 0) is 0 Å². The van der Waals surface area contributed by atoms with Crippen LogP contribution in [0.25, 0.3) is 71.8 Å². The van der Waals surface area contributed by atoms with Crippen LogP contribution in [0, 0.1) is 0 Å². The van der Waals surface area contributed by atoms with Crippen LogP contribution in [0.15, 0.2) is 134 Å². The largest absolute Gasteiger partial charge is 0.278 e. The number of fused-ring (bicyclic) bond motifs is 5. The topological polar surface area (TPSA) is 43.6 Å². The Morgan fingerprint density at radius 3 is 2.28 bits per heavy atom. The van der Waals surface area contributed by atoms with Gasteiger partial charge in [-0.2, -0.15) is 0 Å². The van der Waals surface area contributed by atoms with Crippen molar-refractivity contribution in [2.24, 2.45) is 0 Å². The second-order valence-corrected chi connectivity index (χ2v) is 9.78. The highest BCUT2D eigenvalue weighted by Crippen LogP contribution is 2.36. The van der Waals surface area contributed by atoms with E-state index in [0.717, 1.165) is 33.2 Å². The van der Waals surface area contributed by atoms with Gasteiger partial charge in [0.1, 0.15) is 0 Å². The molecule has 0 unspecified atom stereocenters. The molecule has 0 aliphatic heterocycles. The zero-order chi connectivity index (χ0) is 25.8. The molecule has 3 heterocycles. The predicted molar refractivity (Wildman–Crippen MR) is 160 cm³/mol. The fourth-order valence-corrected chi connectivity index (χ4v) is 5.62. The molecule has 4 heteroatoms. The van der Waals surface area contributed by atoms with Crippen molar-refractivity contribution in [2.75, 3.05) is 0 Å². The Morgan fingerprint density at radius 1 is 0.513 bits per heavy atom. The van der Waals surface area contributed by atoms with E-state index in [2.05, 4.69) is 107 Å². The number of hydrogen-bond acceptors (Lipinski definition) is 3. The molecule has 4 nitrogen and oxygen atoms in total. The molecule has 3 aromatic heterocycles. The van der Waals surface area contributed by atoms with Gasteiger partial charge in [0.2, 0.25) is 5.95 Å². The molecule has 39 heavy (non-hydrogen) atoms. The molecule has 0 aliphatic rings. The molecule has 0 amide bonds. The Morgan fingerprint density at radius 2 is 1.38 bits per heavy atom. The molecule has 8 rings (SSSR count). The second-order valence-electron chi connectivity index (χ2n) is 9.78. The van der Waals surface area contributed by atoms with Crippen LogP contribution in [0.1, 0.15) is 0 Å². The smallest absolute Gasteiger partial charge is 0.235 e. The first-order valence-corrected chi connectivity index (χ1v) is 13.0. The van der Waals surface area contributed by atoms with Gasteiger partial charge in [-0.05, 0) is 58.3 Å². The van der Waals surface area contributed by atoms with Gasteiger partial charge in [-0.1, -0.05) is 84.9 Å². The van der Waals surface area contributed by atoms with E-state index in [1.165, 1.54) is 32.7 Å². The average molecular weight is 499 g/mol. The molecular weight excluding hydrogens is 476 g/mol. The number of pyridine rings is 1. The summed E-state index contributed by atoms with van der Waals surface area (Å²) in [5.41, 5.74) is 7.39. The minimum absolute atomic E-state index is 0.650. The molecule has 0 N–H and O–H groups in total. The average Bonchev–Trinajstić information content (AvgIpc) is 3.33. The van der Waals surface area contributed by atoms with Crippen LogP contribution in [0.3, 0.4) is 0 Å². The van der Waals surface area contributed by atoms with E-state index in [0.29, 0.717) is 5.95 Å². The Hall–Kier alpha value is -5.35. The highest BCUT2D eigenvalue weighted by Gasteiger charge is 2.16. The standard InChI is InChI=1S/C35H22N4/c1-2-9-23(10-3-1)24-16-17-25-21-33-30(20-27(25)19-24)28-12-4-5-15-32(28)39(33)35-37-22-26-11-8-13-29(34(26)38-35)31-14-6-7-18-36-31/h1-22H. The summed E-state index contributed by atoms with van der Waals surface area (Å²) < 4.78 is 2.18. The monoisotopic (exact) mass is 498 g/mol. The van der Waals surface area contributed by atoms with Crippen molar-refractivity contribution in [1.29, 1.82) is 0 Å². The van der Waals surface area contributed by atoms with E-state index in [1.54, 1.807) is 0 Å². The van der Waals surface area contributed by atoms with Crippen molar-refractivity contribution in [2.45, 2.75) is 0 Å². The molecule has 0 bridgehead atoms. The highest BCUT2D eigenvalue weighted by molar-refractivity contribution is 6.13. The van der Waals surface area contributed by atoms with Crippen molar-refractivity contribution in [3.8, 4) is 28.3 Å². The maximum atomic E-state index is 5.14. The molecule has 0 saturated heterocycles. The first-order valence-electron chi connectivity index (χ1n) is 13.0. The van der Waals surface area contributed by atoms with Gasteiger partial charge < -0.3 is 0 Å². The molecule has 0 atom stereocenters. The van der Waals surface area contributed by atoms with Crippen LogP contribution in [0.4, 0.5) is 0 Å². The summed E-state index contributed by atoms with van der Waals surface area (Å²) in [6.45, 7) is 0. The van der Waals surface area contributed by atoms with E-state index in [9.17, 15) is 0 Å². The molecule has 8 aromatic rings. The molecular formula is C35H22N4. The molecule has 0 fully saturated rings. The third kappa shape index (κ3) is 3.50. The number of aromatic nitrogens is 4. The summed E-state index contributed by atoms with van der Waals surface area (Å²) in [5.74, 6) is 0.650. The molecule has 0 aliphatic carbocycles. The van der Waals surface area contributed by atoms with Gasteiger partial charge >= 0.3 is 0 Å². The van der Waals surface area contributed by atoms with Gasteiger partial charge in [0.05, 0.1) is 22.2 Å². The lowest BCUT2D eigenvalue weighted by molar-refractivity contribution is 1.01. The van der Waals surface area contributed by atoms with E-state index < -0.39 is 0 Å². The van der Waals surface area contributed by atoms with Crippen LogP contribution in [0.5, 0.6) is 0 Å². The third-order valence-corrected chi connectivity index (χ3v) is 7.48. The minimum atomic E-state index is 0.650. The molecule has 5 aromatic carbocycles. The van der Waals surface area contributed by atoms with Crippen LogP contribution in [-0.4, -0.2) is 19.5 Å². The van der Waals surface area contributed by atoms with Gasteiger partial charge in [-0.25, -0.2) is 9.97 Å². The van der Waals surface area contributed by atoms with E-state index in [4.69, 9.17) is 9.97 Å². The van der Waals surface area contributed by atoms with Gasteiger partial charge in [-0.15, -0.1) is 0 Å². The van der Waals surface area contributed by atoms with E-state index in [-0.39, 0.29) is 0 Å². The Labute approximate surface area is 224 Å². The number of rotatable bonds is 3. The lowest BCUT2D eigenvalue weighted by Crippen LogP contribution is -2.01. The van der Waals surface area contributed by atoms with E-state index >= 15 is 0 Å².